The molecule has 3 aromatic rings. The monoisotopic (exact) mass is 366 g/mol. The van der Waals surface area contributed by atoms with Gasteiger partial charge in [0.05, 0.1) is 11.9 Å². The fourth-order valence-electron chi connectivity index (χ4n) is 3.67. The van der Waals surface area contributed by atoms with Crippen LogP contribution in [0.4, 0.5) is 0 Å². The molecule has 1 fully saturated rings. The van der Waals surface area contributed by atoms with Crippen molar-refractivity contribution < 1.29 is 9.90 Å². The minimum atomic E-state index is -1.04. The van der Waals surface area contributed by atoms with Crippen molar-refractivity contribution in [3.63, 3.8) is 0 Å². The molecule has 0 amide bonds. The van der Waals surface area contributed by atoms with E-state index in [1.165, 1.54) is 11.8 Å². The standard InChI is InChI=1S/C19H22N6O2/c26-19(27)18-14-24(22-21-18)13-16-5-2-8-23(12-16)11-15-4-1-6-17(10-15)25-9-3-7-20-25/h1,3-4,6-7,9-10,14,16H,2,5,8,11-13H2,(H,26,27). The lowest BCUT2D eigenvalue weighted by molar-refractivity contribution is 0.0690. The lowest BCUT2D eigenvalue weighted by Crippen LogP contribution is -2.36. The van der Waals surface area contributed by atoms with E-state index in [1.54, 1.807) is 10.9 Å². The molecule has 27 heavy (non-hydrogen) atoms. The Kier molecular flexibility index (Phi) is 4.97. The maximum absolute atomic E-state index is 10.9. The lowest BCUT2D eigenvalue weighted by atomic mass is 9.97. The van der Waals surface area contributed by atoms with Crippen LogP contribution in [0.2, 0.25) is 0 Å². The predicted octanol–water partition coefficient (Wildman–Crippen LogP) is 2.07. The number of likely N-dealkylation sites (tertiary alicyclic amines) is 1. The molecule has 1 atom stereocenters. The summed E-state index contributed by atoms with van der Waals surface area (Å²) in [5.41, 5.74) is 2.32. The number of hydrogen-bond donors (Lipinski definition) is 1. The van der Waals surface area contributed by atoms with Crippen molar-refractivity contribution in [2.75, 3.05) is 13.1 Å². The maximum atomic E-state index is 10.9. The third-order valence-corrected chi connectivity index (χ3v) is 4.89. The Labute approximate surface area is 157 Å². The van der Waals surface area contributed by atoms with Crippen LogP contribution >= 0.6 is 0 Å². The topological polar surface area (TPSA) is 89.1 Å². The van der Waals surface area contributed by atoms with Gasteiger partial charge in [-0.25, -0.2) is 9.48 Å². The summed E-state index contributed by atoms with van der Waals surface area (Å²) in [6, 6.07) is 10.4. The van der Waals surface area contributed by atoms with Crippen molar-refractivity contribution >= 4 is 5.97 Å². The van der Waals surface area contributed by atoms with Crippen molar-refractivity contribution in [1.29, 1.82) is 0 Å². The second kappa shape index (κ2) is 7.71. The van der Waals surface area contributed by atoms with Crippen molar-refractivity contribution in [3.8, 4) is 5.69 Å². The Morgan fingerprint density at radius 2 is 2.22 bits per heavy atom. The largest absolute Gasteiger partial charge is 0.476 e. The highest BCUT2D eigenvalue weighted by Gasteiger charge is 2.21. The van der Waals surface area contributed by atoms with Gasteiger partial charge in [-0.15, -0.1) is 5.10 Å². The van der Waals surface area contributed by atoms with Crippen LogP contribution < -0.4 is 0 Å². The van der Waals surface area contributed by atoms with Gasteiger partial charge >= 0.3 is 5.97 Å². The summed E-state index contributed by atoms with van der Waals surface area (Å²) in [4.78, 5) is 13.4. The Hall–Kier alpha value is -3.00. The molecule has 0 spiro atoms. The Morgan fingerprint density at radius 3 is 3.00 bits per heavy atom. The molecule has 0 radical (unpaired) electrons. The summed E-state index contributed by atoms with van der Waals surface area (Å²) in [6.07, 6.45) is 7.48. The van der Waals surface area contributed by atoms with E-state index in [2.05, 4.69) is 44.6 Å². The molecule has 0 bridgehead atoms. The molecule has 1 aliphatic heterocycles. The molecule has 8 nitrogen and oxygen atoms in total. The van der Waals surface area contributed by atoms with Gasteiger partial charge in [0, 0.05) is 32.0 Å². The van der Waals surface area contributed by atoms with Gasteiger partial charge in [0.2, 0.25) is 0 Å². The second-order valence-electron chi connectivity index (χ2n) is 6.99. The summed E-state index contributed by atoms with van der Waals surface area (Å²) in [7, 11) is 0. The van der Waals surface area contributed by atoms with E-state index in [0.717, 1.165) is 38.2 Å². The first-order valence-electron chi connectivity index (χ1n) is 9.12. The summed E-state index contributed by atoms with van der Waals surface area (Å²) < 4.78 is 3.52. The average molecular weight is 366 g/mol. The zero-order chi connectivity index (χ0) is 18.6. The molecule has 1 aromatic carbocycles. The summed E-state index contributed by atoms with van der Waals surface area (Å²) >= 11 is 0. The van der Waals surface area contributed by atoms with Crippen LogP contribution in [0.3, 0.4) is 0 Å². The van der Waals surface area contributed by atoms with E-state index in [9.17, 15) is 4.79 Å². The van der Waals surface area contributed by atoms with Gasteiger partial charge in [0.15, 0.2) is 5.69 Å². The summed E-state index contributed by atoms with van der Waals surface area (Å²) in [5.74, 6) is -0.597. The van der Waals surface area contributed by atoms with Crippen LogP contribution in [0.1, 0.15) is 28.9 Å². The number of nitrogens with zero attached hydrogens (tertiary/aromatic N) is 6. The fourth-order valence-corrected chi connectivity index (χ4v) is 3.67. The molecule has 2 aromatic heterocycles. The maximum Gasteiger partial charge on any atom is 0.358 e. The Morgan fingerprint density at radius 1 is 1.30 bits per heavy atom. The van der Waals surface area contributed by atoms with Crippen molar-refractivity contribution in [2.45, 2.75) is 25.9 Å². The fraction of sp³-hybridized carbons (Fsp3) is 0.368. The van der Waals surface area contributed by atoms with Gasteiger partial charge < -0.3 is 5.11 Å². The second-order valence-corrected chi connectivity index (χ2v) is 6.99. The van der Waals surface area contributed by atoms with E-state index >= 15 is 0 Å². The molecule has 0 saturated carbocycles. The van der Waals surface area contributed by atoms with Crippen LogP contribution in [-0.4, -0.2) is 53.8 Å². The van der Waals surface area contributed by atoms with Crippen molar-refractivity contribution in [1.82, 2.24) is 29.7 Å². The van der Waals surface area contributed by atoms with E-state index in [0.29, 0.717) is 12.5 Å². The first-order valence-corrected chi connectivity index (χ1v) is 9.12. The van der Waals surface area contributed by atoms with Crippen LogP contribution in [0.25, 0.3) is 5.69 Å². The van der Waals surface area contributed by atoms with Crippen molar-refractivity contribution in [2.24, 2.45) is 5.92 Å². The van der Waals surface area contributed by atoms with Gasteiger partial charge in [-0.2, -0.15) is 5.10 Å². The normalized spacial score (nSPS) is 17.9. The molecule has 0 aliphatic carbocycles. The number of carbonyl (C=O) groups is 1. The van der Waals surface area contributed by atoms with Gasteiger partial charge in [0.25, 0.3) is 0 Å². The zero-order valence-electron chi connectivity index (χ0n) is 15.0. The molecule has 3 heterocycles. The van der Waals surface area contributed by atoms with Crippen molar-refractivity contribution in [3.05, 3.63) is 60.2 Å². The minimum absolute atomic E-state index is 0.00176. The average Bonchev–Trinajstić information content (AvgIpc) is 3.34. The number of rotatable bonds is 6. The molecule has 1 N–H and O–H groups in total. The number of piperidine rings is 1. The number of carboxylic acids is 1. The zero-order valence-corrected chi connectivity index (χ0v) is 15.0. The highest BCUT2D eigenvalue weighted by atomic mass is 16.4. The number of hydrogen-bond acceptors (Lipinski definition) is 5. The SMILES string of the molecule is O=C(O)c1cn(CC2CCCN(Cc3cccc(-n4cccn4)c3)C2)nn1. The molecule has 1 aliphatic rings. The van der Waals surface area contributed by atoms with E-state index < -0.39 is 5.97 Å². The lowest BCUT2D eigenvalue weighted by Gasteiger charge is -2.32. The minimum Gasteiger partial charge on any atom is -0.476 e. The van der Waals surface area contributed by atoms with E-state index in [4.69, 9.17) is 5.11 Å². The van der Waals surface area contributed by atoms with E-state index in [-0.39, 0.29) is 5.69 Å². The van der Waals surface area contributed by atoms with Crippen LogP contribution in [0.15, 0.2) is 48.9 Å². The molecule has 8 heteroatoms. The number of benzene rings is 1. The first kappa shape index (κ1) is 17.4. The summed E-state index contributed by atoms with van der Waals surface area (Å²) in [5, 5.41) is 20.9. The van der Waals surface area contributed by atoms with Gasteiger partial charge in [-0.1, -0.05) is 17.3 Å². The Balaban J connectivity index is 1.38. The molecular formula is C19H22N6O2. The molecule has 1 saturated heterocycles. The van der Waals surface area contributed by atoms with Gasteiger partial charge in [-0.05, 0) is 49.1 Å². The highest BCUT2D eigenvalue weighted by molar-refractivity contribution is 5.84. The highest BCUT2D eigenvalue weighted by Crippen LogP contribution is 2.21. The van der Waals surface area contributed by atoms with Crippen LogP contribution in [0, 0.1) is 5.92 Å². The first-order chi connectivity index (χ1) is 13.2. The summed E-state index contributed by atoms with van der Waals surface area (Å²) in [6.45, 7) is 3.63. The van der Waals surface area contributed by atoms with Gasteiger partial charge in [0.1, 0.15) is 0 Å². The third kappa shape index (κ3) is 4.22. The predicted molar refractivity (Wildman–Crippen MR) is 98.5 cm³/mol. The Bertz CT molecular complexity index is 905. The molecule has 140 valence electrons. The van der Waals surface area contributed by atoms with Gasteiger partial charge in [-0.3, -0.25) is 9.58 Å². The van der Waals surface area contributed by atoms with Crippen LogP contribution in [0.5, 0.6) is 0 Å². The number of aromatic nitrogens is 5. The number of aromatic carboxylic acids is 1. The molecule has 4 rings (SSSR count). The smallest absolute Gasteiger partial charge is 0.358 e. The van der Waals surface area contributed by atoms with Crippen LogP contribution in [-0.2, 0) is 13.1 Å². The number of carboxylic acid groups (broad SMARTS) is 1. The quantitative estimate of drug-likeness (QED) is 0.718. The molecular weight excluding hydrogens is 344 g/mol. The molecule has 1 unspecified atom stereocenters. The van der Waals surface area contributed by atoms with E-state index in [1.807, 2.05) is 16.9 Å². The third-order valence-electron chi connectivity index (χ3n) is 4.89.